The Labute approximate surface area is 255 Å². The topological polar surface area (TPSA) is 80.0 Å². The third-order valence-corrected chi connectivity index (χ3v) is 10.3. The van der Waals surface area contributed by atoms with Crippen molar-refractivity contribution < 1.29 is 0 Å². The highest BCUT2D eigenvalue weighted by atomic mass is 15.2. The van der Waals surface area contributed by atoms with Crippen molar-refractivity contribution >= 4 is 28.1 Å². The maximum atomic E-state index is 4.95. The average Bonchev–Trinajstić information content (AvgIpc) is 3.84. The summed E-state index contributed by atoms with van der Waals surface area (Å²) in [5.41, 5.74) is 10.2. The van der Waals surface area contributed by atoms with Crippen LogP contribution in [0.2, 0.25) is 0 Å². The summed E-state index contributed by atoms with van der Waals surface area (Å²) in [6, 6.07) is 24.7. The summed E-state index contributed by atoms with van der Waals surface area (Å²) >= 11 is 0. The predicted molar refractivity (Wildman–Crippen MR) is 177 cm³/mol. The van der Waals surface area contributed by atoms with Crippen molar-refractivity contribution in [2.75, 3.05) is 28.6 Å². The highest BCUT2D eigenvalue weighted by molar-refractivity contribution is 5.77. The molecule has 0 saturated carbocycles. The van der Waals surface area contributed by atoms with Gasteiger partial charge in [0.05, 0.1) is 40.5 Å². The number of H-pyrrole nitrogens is 1. The fourth-order valence-electron chi connectivity index (χ4n) is 7.88. The first kappa shape index (κ1) is 27.0. The molecule has 1 aromatic heterocycles. The molecule has 4 aromatic rings. The molecule has 0 amide bonds. The molecule has 3 aromatic carbocycles. The summed E-state index contributed by atoms with van der Waals surface area (Å²) in [5.74, 6) is 1.08. The van der Waals surface area contributed by atoms with Gasteiger partial charge in [-0.2, -0.15) is 0 Å². The molecular formula is C36H45N7. The SMILES string of the molecule is CC(C)(C)c1ccc(N2C(c3ccc4c(c3)NC([C@@H]3CCCN3)N4)CCC2c2ccc3nc([C@@H]4CCCN4)[nH]c3c2)cc1. The molecule has 43 heavy (non-hydrogen) atoms. The van der Waals surface area contributed by atoms with Gasteiger partial charge >= 0.3 is 0 Å². The summed E-state index contributed by atoms with van der Waals surface area (Å²) in [5, 5.41) is 14.8. The molecule has 0 bridgehead atoms. The minimum Gasteiger partial charge on any atom is -0.362 e. The van der Waals surface area contributed by atoms with Crippen molar-refractivity contribution in [1.82, 2.24) is 20.6 Å². The van der Waals surface area contributed by atoms with Crippen LogP contribution in [-0.2, 0) is 5.41 Å². The van der Waals surface area contributed by atoms with Gasteiger partial charge in [0.1, 0.15) is 12.0 Å². The molecule has 3 fully saturated rings. The molecular weight excluding hydrogens is 530 g/mol. The standard InChI is InChI=1S/C36H45N7/c1-36(2,3)24-10-12-25(13-11-24)43-32(22-8-14-26-30(20-22)41-34(39-26)28-6-4-18-37-28)16-17-33(43)23-9-15-27-31(21-23)42-35(40-27)29-7-5-19-38-29/h8-15,20-21,28-29,32-34,37-39,41H,4-7,16-19H2,1-3H3,(H,40,42)/t28-,29-,32?,33?,34?/m0/s1. The third kappa shape index (κ3) is 4.96. The van der Waals surface area contributed by atoms with Crippen LogP contribution in [0.4, 0.5) is 17.1 Å². The Morgan fingerprint density at radius 1 is 0.744 bits per heavy atom. The van der Waals surface area contributed by atoms with Crippen LogP contribution >= 0.6 is 0 Å². The lowest BCUT2D eigenvalue weighted by atomic mass is 9.87. The van der Waals surface area contributed by atoms with E-state index in [9.17, 15) is 0 Å². The van der Waals surface area contributed by atoms with Crippen LogP contribution in [0.15, 0.2) is 60.7 Å². The number of anilines is 3. The molecule has 8 rings (SSSR count). The predicted octanol–water partition coefficient (Wildman–Crippen LogP) is 7.28. The molecule has 0 radical (unpaired) electrons. The van der Waals surface area contributed by atoms with Gasteiger partial charge < -0.3 is 31.2 Å². The lowest BCUT2D eigenvalue weighted by Gasteiger charge is -2.34. The number of imidazole rings is 1. The molecule has 7 heteroatoms. The van der Waals surface area contributed by atoms with Gasteiger partial charge in [-0.15, -0.1) is 0 Å². The number of benzene rings is 3. The first-order valence-electron chi connectivity index (χ1n) is 16.4. The van der Waals surface area contributed by atoms with E-state index in [4.69, 9.17) is 4.98 Å². The van der Waals surface area contributed by atoms with Crippen molar-refractivity contribution in [2.45, 2.75) is 95.0 Å². The zero-order valence-corrected chi connectivity index (χ0v) is 25.7. The van der Waals surface area contributed by atoms with E-state index in [1.54, 1.807) is 0 Å². The Bertz CT molecular complexity index is 1610. The Morgan fingerprint density at radius 3 is 2.19 bits per heavy atom. The molecule has 224 valence electrons. The van der Waals surface area contributed by atoms with E-state index in [1.165, 1.54) is 53.0 Å². The van der Waals surface area contributed by atoms with Crippen molar-refractivity contribution in [1.29, 1.82) is 0 Å². The molecule has 7 nitrogen and oxygen atoms in total. The fourth-order valence-corrected chi connectivity index (χ4v) is 7.88. The number of nitrogens with one attached hydrogen (secondary N) is 5. The summed E-state index contributed by atoms with van der Waals surface area (Å²) in [6.45, 7) is 9.06. The van der Waals surface area contributed by atoms with Gasteiger partial charge in [-0.05, 0) is 110 Å². The number of hydrogen-bond donors (Lipinski definition) is 5. The molecule has 5 N–H and O–H groups in total. The number of aromatic amines is 1. The normalized spacial score (nSPS) is 27.0. The molecule has 4 aliphatic rings. The van der Waals surface area contributed by atoms with Crippen LogP contribution in [0.1, 0.15) is 99.9 Å². The van der Waals surface area contributed by atoms with Crippen LogP contribution in [-0.4, -0.2) is 35.3 Å². The molecule has 3 unspecified atom stereocenters. The number of aromatic nitrogens is 2. The van der Waals surface area contributed by atoms with Crippen molar-refractivity contribution in [3.63, 3.8) is 0 Å². The Morgan fingerprint density at radius 2 is 1.47 bits per heavy atom. The largest absolute Gasteiger partial charge is 0.362 e. The van der Waals surface area contributed by atoms with Crippen molar-refractivity contribution in [2.24, 2.45) is 0 Å². The van der Waals surface area contributed by atoms with E-state index in [1.807, 2.05) is 0 Å². The first-order valence-corrected chi connectivity index (χ1v) is 16.4. The Balaban J connectivity index is 1.13. The van der Waals surface area contributed by atoms with Crippen LogP contribution in [0.5, 0.6) is 0 Å². The molecule has 4 aliphatic heterocycles. The second kappa shape index (κ2) is 10.6. The number of rotatable bonds is 5. The monoisotopic (exact) mass is 575 g/mol. The molecule has 0 spiro atoms. The van der Waals surface area contributed by atoms with Crippen molar-refractivity contribution in [3.8, 4) is 0 Å². The van der Waals surface area contributed by atoms with Gasteiger partial charge in [0.25, 0.3) is 0 Å². The Kier molecular flexibility index (Phi) is 6.64. The van der Waals surface area contributed by atoms with E-state index >= 15 is 0 Å². The van der Waals surface area contributed by atoms with Gasteiger partial charge in [-0.25, -0.2) is 4.98 Å². The smallest absolute Gasteiger partial charge is 0.124 e. The third-order valence-electron chi connectivity index (χ3n) is 10.3. The van der Waals surface area contributed by atoms with E-state index < -0.39 is 0 Å². The van der Waals surface area contributed by atoms with Gasteiger partial charge in [0.2, 0.25) is 0 Å². The highest BCUT2D eigenvalue weighted by Gasteiger charge is 2.37. The van der Waals surface area contributed by atoms with Gasteiger partial charge in [0, 0.05) is 11.7 Å². The summed E-state index contributed by atoms with van der Waals surface area (Å²) < 4.78 is 0. The maximum absolute atomic E-state index is 4.95. The number of fused-ring (bicyclic) bond motifs is 2. The van der Waals surface area contributed by atoms with E-state index in [-0.39, 0.29) is 11.6 Å². The van der Waals surface area contributed by atoms with Crippen LogP contribution in [0, 0.1) is 0 Å². The summed E-state index contributed by atoms with van der Waals surface area (Å²) in [7, 11) is 0. The molecule has 0 aliphatic carbocycles. The van der Waals surface area contributed by atoms with E-state index in [2.05, 4.69) is 113 Å². The van der Waals surface area contributed by atoms with Crippen LogP contribution in [0.3, 0.4) is 0 Å². The first-order chi connectivity index (χ1) is 20.9. The summed E-state index contributed by atoms with van der Waals surface area (Å²) in [4.78, 5) is 11.3. The van der Waals surface area contributed by atoms with Gasteiger partial charge in [0.15, 0.2) is 0 Å². The Hall–Kier alpha value is -3.55. The lowest BCUT2D eigenvalue weighted by molar-refractivity contribution is 0.554. The van der Waals surface area contributed by atoms with Crippen LogP contribution < -0.4 is 26.2 Å². The van der Waals surface area contributed by atoms with E-state index in [0.29, 0.717) is 24.2 Å². The van der Waals surface area contributed by atoms with Gasteiger partial charge in [-0.1, -0.05) is 45.0 Å². The minimum absolute atomic E-state index is 0.128. The van der Waals surface area contributed by atoms with Crippen LogP contribution in [0.25, 0.3) is 11.0 Å². The zero-order chi connectivity index (χ0) is 29.1. The maximum Gasteiger partial charge on any atom is 0.124 e. The fraction of sp³-hybridized carbons (Fsp3) is 0.472. The zero-order valence-electron chi connectivity index (χ0n) is 25.7. The second-order valence-electron chi connectivity index (χ2n) is 14.1. The quantitative estimate of drug-likeness (QED) is 0.172. The average molecular weight is 576 g/mol. The van der Waals surface area contributed by atoms with Gasteiger partial charge in [-0.3, -0.25) is 0 Å². The second-order valence-corrected chi connectivity index (χ2v) is 14.1. The molecule has 5 heterocycles. The summed E-state index contributed by atoms with van der Waals surface area (Å²) in [6.07, 6.45) is 7.32. The van der Waals surface area contributed by atoms with Crippen molar-refractivity contribution in [3.05, 3.63) is 83.2 Å². The highest BCUT2D eigenvalue weighted by Crippen LogP contribution is 2.48. The number of hydrogen-bond acceptors (Lipinski definition) is 6. The lowest BCUT2D eigenvalue weighted by Crippen LogP contribution is -2.42. The molecule has 3 saturated heterocycles. The molecule has 5 atom stereocenters. The van der Waals surface area contributed by atoms with E-state index in [0.717, 1.165) is 49.2 Å². The number of nitrogens with zero attached hydrogens (tertiary/aromatic N) is 2. The minimum atomic E-state index is 0.128.